The standard InChI is InChI=1S/C16H14ClN3O/c17-12-8-6-10(7-9-12)13-14(20-16(18)19-13)15(21)11-4-2-1-3-5-11/h1-9,13-14H,(H3,18,19,20)/p+1/t13-,14-/m0/s1. The number of Topliss-reactive ketones (excluding diaryl/α,β-unsaturated/α-hetero) is 1. The number of nitrogens with two attached hydrogens (primary N) is 1. The van der Waals surface area contributed by atoms with Gasteiger partial charge in [0, 0.05) is 10.6 Å². The van der Waals surface area contributed by atoms with Crippen molar-refractivity contribution >= 4 is 23.3 Å². The first-order valence-corrected chi connectivity index (χ1v) is 7.03. The minimum absolute atomic E-state index is 0.00324. The Bertz CT molecular complexity index is 682. The lowest BCUT2D eigenvalue weighted by atomic mass is 9.94. The Morgan fingerprint density at radius 2 is 1.76 bits per heavy atom. The summed E-state index contributed by atoms with van der Waals surface area (Å²) in [5.74, 6) is 0.410. The first kappa shape index (κ1) is 13.6. The first-order chi connectivity index (χ1) is 10.1. The molecule has 1 aliphatic heterocycles. The van der Waals surface area contributed by atoms with Crippen LogP contribution in [0.4, 0.5) is 0 Å². The molecule has 2 aromatic carbocycles. The summed E-state index contributed by atoms with van der Waals surface area (Å²) in [5, 5.41) is 3.68. The number of guanidine groups is 1. The Morgan fingerprint density at radius 3 is 2.43 bits per heavy atom. The van der Waals surface area contributed by atoms with Crippen LogP contribution in [0.15, 0.2) is 54.6 Å². The molecule has 0 aromatic heterocycles. The predicted molar refractivity (Wildman–Crippen MR) is 82.0 cm³/mol. The molecule has 3 rings (SSSR count). The van der Waals surface area contributed by atoms with Gasteiger partial charge in [-0.3, -0.25) is 20.8 Å². The van der Waals surface area contributed by atoms with Gasteiger partial charge in [-0.15, -0.1) is 0 Å². The zero-order valence-corrected chi connectivity index (χ0v) is 12.0. The fourth-order valence-electron chi connectivity index (χ4n) is 2.49. The SMILES string of the molecule is NC1=[NH+][C@@H](c2ccc(Cl)cc2)[C@@H](C(=O)c2ccccc2)N1. The smallest absolute Gasteiger partial charge is 0.291 e. The molecule has 0 unspecified atom stereocenters. The monoisotopic (exact) mass is 300 g/mol. The third-order valence-electron chi connectivity index (χ3n) is 3.53. The fraction of sp³-hybridized carbons (Fsp3) is 0.125. The van der Waals surface area contributed by atoms with Crippen LogP contribution in [0.3, 0.4) is 0 Å². The molecule has 0 amide bonds. The average Bonchev–Trinajstić information content (AvgIpc) is 2.90. The van der Waals surface area contributed by atoms with E-state index in [0.717, 1.165) is 5.56 Å². The van der Waals surface area contributed by atoms with Crippen LogP contribution in [-0.2, 0) is 0 Å². The van der Waals surface area contributed by atoms with Crippen LogP contribution in [0.1, 0.15) is 22.0 Å². The second kappa shape index (κ2) is 5.58. The van der Waals surface area contributed by atoms with Gasteiger partial charge in [-0.25, -0.2) is 0 Å². The topological polar surface area (TPSA) is 69.1 Å². The zero-order valence-electron chi connectivity index (χ0n) is 11.2. The number of nitrogens with one attached hydrogen (secondary N) is 2. The summed E-state index contributed by atoms with van der Waals surface area (Å²) in [6.07, 6.45) is 0. The third-order valence-corrected chi connectivity index (χ3v) is 3.78. The molecule has 2 atom stereocenters. The number of halogens is 1. The largest absolute Gasteiger partial charge is 0.342 e. The van der Waals surface area contributed by atoms with Crippen LogP contribution in [0.2, 0.25) is 5.02 Å². The summed E-state index contributed by atoms with van der Waals surface area (Å²) in [5.41, 5.74) is 7.43. The highest BCUT2D eigenvalue weighted by atomic mass is 35.5. The van der Waals surface area contributed by atoms with E-state index in [-0.39, 0.29) is 11.8 Å². The number of hydrogen-bond acceptors (Lipinski definition) is 3. The highest BCUT2D eigenvalue weighted by Gasteiger charge is 2.39. The van der Waals surface area contributed by atoms with Gasteiger partial charge in [-0.05, 0) is 17.7 Å². The quantitative estimate of drug-likeness (QED) is 0.728. The normalized spacial score (nSPS) is 20.7. The van der Waals surface area contributed by atoms with Crippen molar-refractivity contribution in [1.82, 2.24) is 5.32 Å². The molecule has 0 aliphatic carbocycles. The van der Waals surface area contributed by atoms with E-state index in [1.165, 1.54) is 0 Å². The number of hydrogen-bond donors (Lipinski definition) is 3. The highest BCUT2D eigenvalue weighted by Crippen LogP contribution is 2.20. The van der Waals surface area contributed by atoms with Crippen molar-refractivity contribution in [2.75, 3.05) is 0 Å². The molecule has 1 heterocycles. The van der Waals surface area contributed by atoms with Gasteiger partial charge in [0.05, 0.1) is 0 Å². The molecule has 0 radical (unpaired) electrons. The van der Waals surface area contributed by atoms with Crippen molar-refractivity contribution in [1.29, 1.82) is 0 Å². The molecule has 0 saturated heterocycles. The minimum atomic E-state index is -0.437. The van der Waals surface area contributed by atoms with Gasteiger partial charge in [0.15, 0.2) is 6.04 Å². The van der Waals surface area contributed by atoms with Crippen LogP contribution in [0.25, 0.3) is 0 Å². The number of ketones is 1. The second-order valence-electron chi connectivity index (χ2n) is 4.94. The van der Waals surface area contributed by atoms with Gasteiger partial charge >= 0.3 is 5.96 Å². The van der Waals surface area contributed by atoms with Gasteiger partial charge < -0.3 is 0 Å². The highest BCUT2D eigenvalue weighted by molar-refractivity contribution is 6.30. The second-order valence-corrected chi connectivity index (χ2v) is 5.38. The van der Waals surface area contributed by atoms with E-state index >= 15 is 0 Å². The number of carbonyl (C=O) groups excluding carboxylic acids is 1. The summed E-state index contributed by atoms with van der Waals surface area (Å²) in [7, 11) is 0. The van der Waals surface area contributed by atoms with E-state index in [9.17, 15) is 4.79 Å². The van der Waals surface area contributed by atoms with Crippen molar-refractivity contribution in [2.45, 2.75) is 12.1 Å². The molecule has 2 aromatic rings. The van der Waals surface area contributed by atoms with Gasteiger partial charge in [0.2, 0.25) is 5.78 Å². The van der Waals surface area contributed by atoms with Crippen LogP contribution >= 0.6 is 11.6 Å². The Morgan fingerprint density at radius 1 is 1.10 bits per heavy atom. The Kier molecular flexibility index (Phi) is 3.62. The Hall–Kier alpha value is -2.33. The molecule has 0 spiro atoms. The molecule has 0 bridgehead atoms. The van der Waals surface area contributed by atoms with E-state index in [1.54, 1.807) is 24.3 Å². The molecular weight excluding hydrogens is 286 g/mol. The Balaban J connectivity index is 1.91. The maximum Gasteiger partial charge on any atom is 0.342 e. The van der Waals surface area contributed by atoms with Crippen LogP contribution < -0.4 is 16.0 Å². The third kappa shape index (κ3) is 2.76. The van der Waals surface area contributed by atoms with E-state index in [1.807, 2.05) is 30.3 Å². The summed E-state index contributed by atoms with van der Waals surface area (Å²) >= 11 is 5.91. The molecule has 21 heavy (non-hydrogen) atoms. The van der Waals surface area contributed by atoms with Crippen LogP contribution in [-0.4, -0.2) is 17.8 Å². The summed E-state index contributed by atoms with van der Waals surface area (Å²) in [4.78, 5) is 15.8. The molecule has 4 N–H and O–H groups in total. The first-order valence-electron chi connectivity index (χ1n) is 6.65. The summed E-state index contributed by atoms with van der Waals surface area (Å²) in [6, 6.07) is 15.9. The lowest BCUT2D eigenvalue weighted by Crippen LogP contribution is -2.74. The van der Waals surface area contributed by atoms with E-state index in [0.29, 0.717) is 16.5 Å². The zero-order chi connectivity index (χ0) is 14.8. The number of benzene rings is 2. The van der Waals surface area contributed by atoms with Gasteiger partial charge in [0.25, 0.3) is 0 Å². The van der Waals surface area contributed by atoms with Crippen molar-refractivity contribution < 1.29 is 9.79 Å². The van der Waals surface area contributed by atoms with Crippen molar-refractivity contribution in [3.05, 3.63) is 70.7 Å². The van der Waals surface area contributed by atoms with Crippen molar-refractivity contribution in [3.63, 3.8) is 0 Å². The summed E-state index contributed by atoms with van der Waals surface area (Å²) < 4.78 is 0. The van der Waals surface area contributed by atoms with Crippen molar-refractivity contribution in [2.24, 2.45) is 5.73 Å². The molecular formula is C16H15ClN3O+. The summed E-state index contributed by atoms with van der Waals surface area (Å²) in [6.45, 7) is 0. The van der Waals surface area contributed by atoms with E-state index < -0.39 is 6.04 Å². The molecule has 5 heteroatoms. The molecule has 0 fully saturated rings. The Labute approximate surface area is 127 Å². The number of carbonyl (C=O) groups is 1. The lowest BCUT2D eigenvalue weighted by Gasteiger charge is -2.14. The predicted octanol–water partition coefficient (Wildman–Crippen LogP) is 0.631. The molecule has 1 aliphatic rings. The number of rotatable bonds is 3. The minimum Gasteiger partial charge on any atom is -0.291 e. The average molecular weight is 301 g/mol. The van der Waals surface area contributed by atoms with Gasteiger partial charge in [-0.1, -0.05) is 54.1 Å². The van der Waals surface area contributed by atoms with Crippen LogP contribution in [0.5, 0.6) is 0 Å². The maximum absolute atomic E-state index is 12.6. The molecule has 4 nitrogen and oxygen atoms in total. The maximum atomic E-state index is 12.6. The fourth-order valence-corrected chi connectivity index (χ4v) is 2.61. The molecule has 106 valence electrons. The van der Waals surface area contributed by atoms with Crippen LogP contribution in [0, 0.1) is 0 Å². The lowest BCUT2D eigenvalue weighted by molar-refractivity contribution is -0.500. The van der Waals surface area contributed by atoms with E-state index in [2.05, 4.69) is 10.3 Å². The van der Waals surface area contributed by atoms with Gasteiger partial charge in [-0.2, -0.15) is 0 Å². The van der Waals surface area contributed by atoms with Gasteiger partial charge in [0.1, 0.15) is 6.04 Å². The van der Waals surface area contributed by atoms with Crippen molar-refractivity contribution in [3.8, 4) is 0 Å². The molecule has 0 saturated carbocycles. The van der Waals surface area contributed by atoms with E-state index in [4.69, 9.17) is 17.3 Å².